The first-order valence-electron chi connectivity index (χ1n) is 11.6. The molecule has 196 valence electrons. The van der Waals surface area contributed by atoms with Gasteiger partial charge in [-0.2, -0.15) is 0 Å². The summed E-state index contributed by atoms with van der Waals surface area (Å²) in [5, 5.41) is 0. The van der Waals surface area contributed by atoms with E-state index in [1.54, 1.807) is 26.8 Å². The minimum atomic E-state index is -1.06. The molecular weight excluding hydrogens is 462 g/mol. The van der Waals surface area contributed by atoms with Crippen LogP contribution < -0.4 is 15.2 Å². The molecular formula is C24H35NO10. The maximum absolute atomic E-state index is 12.4. The van der Waals surface area contributed by atoms with Crippen molar-refractivity contribution in [3.8, 4) is 11.5 Å². The van der Waals surface area contributed by atoms with Crippen LogP contribution in [0.3, 0.4) is 0 Å². The lowest BCUT2D eigenvalue weighted by Gasteiger charge is -2.22. The molecule has 0 aromatic heterocycles. The SMILES string of the molecule is CCCOC(=O)Oc1ccc(C[C@H](N)C(=O)O[C@@H](C)[C@H](C)OC(=O)CC)cc1OC(=O)OCCC. The number of nitrogens with two attached hydrogens (primary N) is 1. The van der Waals surface area contributed by atoms with E-state index in [1.165, 1.54) is 12.1 Å². The van der Waals surface area contributed by atoms with Gasteiger partial charge in [0.1, 0.15) is 18.2 Å². The summed E-state index contributed by atoms with van der Waals surface area (Å²) in [6.07, 6.45) is -1.87. The van der Waals surface area contributed by atoms with Gasteiger partial charge >= 0.3 is 24.2 Å². The van der Waals surface area contributed by atoms with Crippen molar-refractivity contribution in [1.29, 1.82) is 0 Å². The molecule has 0 spiro atoms. The molecule has 3 atom stereocenters. The Morgan fingerprint density at radius 3 is 1.91 bits per heavy atom. The van der Waals surface area contributed by atoms with Crippen molar-refractivity contribution >= 4 is 24.2 Å². The summed E-state index contributed by atoms with van der Waals surface area (Å²) in [7, 11) is 0. The smallest absolute Gasteiger partial charge is 0.459 e. The zero-order valence-corrected chi connectivity index (χ0v) is 20.9. The fourth-order valence-corrected chi connectivity index (χ4v) is 2.54. The Hall–Kier alpha value is -3.34. The average molecular weight is 498 g/mol. The molecule has 35 heavy (non-hydrogen) atoms. The molecule has 1 aromatic carbocycles. The van der Waals surface area contributed by atoms with Crippen LogP contribution >= 0.6 is 0 Å². The van der Waals surface area contributed by atoms with E-state index in [1.807, 2.05) is 13.8 Å². The van der Waals surface area contributed by atoms with Crippen LogP contribution in [-0.4, -0.2) is 55.7 Å². The molecule has 1 aromatic rings. The molecule has 0 aliphatic heterocycles. The molecule has 11 heteroatoms. The summed E-state index contributed by atoms with van der Waals surface area (Å²) < 4.78 is 30.6. The molecule has 0 saturated heterocycles. The molecule has 11 nitrogen and oxygen atoms in total. The number of rotatable bonds is 13. The standard InChI is InChI=1S/C24H35NO10/c1-6-11-30-23(28)34-19-10-9-17(14-20(19)35-24(29)31-12-7-2)13-18(25)22(27)33-16(5)15(4)32-21(26)8-3/h9-10,14-16,18H,6-8,11-13,25H2,1-5H3/t15-,16-,18-/m0/s1. The first kappa shape index (κ1) is 29.7. The minimum Gasteiger partial charge on any atom is -0.459 e. The first-order valence-corrected chi connectivity index (χ1v) is 11.6. The third-order valence-electron chi connectivity index (χ3n) is 4.57. The third kappa shape index (κ3) is 11.1. The van der Waals surface area contributed by atoms with E-state index in [9.17, 15) is 19.2 Å². The predicted molar refractivity (Wildman–Crippen MR) is 124 cm³/mol. The van der Waals surface area contributed by atoms with E-state index >= 15 is 0 Å². The maximum Gasteiger partial charge on any atom is 0.513 e. The molecule has 0 unspecified atom stereocenters. The number of ether oxygens (including phenoxy) is 6. The van der Waals surface area contributed by atoms with Crippen LogP contribution in [0, 0.1) is 0 Å². The molecule has 2 N–H and O–H groups in total. The molecule has 0 heterocycles. The zero-order valence-electron chi connectivity index (χ0n) is 20.9. The lowest BCUT2D eigenvalue weighted by Crippen LogP contribution is -2.39. The Balaban J connectivity index is 2.91. The maximum atomic E-state index is 12.4. The van der Waals surface area contributed by atoms with Crippen molar-refractivity contribution in [2.24, 2.45) is 5.73 Å². The Kier molecular flexibility index (Phi) is 13.2. The van der Waals surface area contributed by atoms with Crippen LogP contribution in [0.5, 0.6) is 11.5 Å². The van der Waals surface area contributed by atoms with Crippen molar-refractivity contribution in [3.05, 3.63) is 23.8 Å². The second-order valence-corrected chi connectivity index (χ2v) is 7.68. The van der Waals surface area contributed by atoms with Gasteiger partial charge < -0.3 is 34.2 Å². The van der Waals surface area contributed by atoms with Gasteiger partial charge in [0.25, 0.3) is 0 Å². The van der Waals surface area contributed by atoms with Crippen LogP contribution in [0.1, 0.15) is 59.4 Å². The minimum absolute atomic E-state index is 0.0234. The van der Waals surface area contributed by atoms with Crippen molar-refractivity contribution in [1.82, 2.24) is 0 Å². The lowest BCUT2D eigenvalue weighted by molar-refractivity contribution is -0.166. The molecule has 0 saturated carbocycles. The van der Waals surface area contributed by atoms with Gasteiger partial charge in [-0.1, -0.05) is 26.8 Å². The average Bonchev–Trinajstić information content (AvgIpc) is 2.82. The van der Waals surface area contributed by atoms with Crippen LogP contribution in [0.2, 0.25) is 0 Å². The fraction of sp³-hybridized carbons (Fsp3) is 0.583. The quantitative estimate of drug-likeness (QED) is 0.241. The second-order valence-electron chi connectivity index (χ2n) is 7.68. The second kappa shape index (κ2) is 15.5. The van der Waals surface area contributed by atoms with Gasteiger partial charge in [-0.3, -0.25) is 9.59 Å². The number of hydrogen-bond acceptors (Lipinski definition) is 11. The fourth-order valence-electron chi connectivity index (χ4n) is 2.54. The highest BCUT2D eigenvalue weighted by atomic mass is 16.7. The molecule has 1 rings (SSSR count). The Morgan fingerprint density at radius 2 is 1.37 bits per heavy atom. The van der Waals surface area contributed by atoms with Gasteiger partial charge in [-0.25, -0.2) is 9.59 Å². The number of carbonyl (C=O) groups excluding carboxylic acids is 4. The highest BCUT2D eigenvalue weighted by Gasteiger charge is 2.25. The summed E-state index contributed by atoms with van der Waals surface area (Å²) in [5.41, 5.74) is 6.50. The van der Waals surface area contributed by atoms with Gasteiger partial charge in [0.05, 0.1) is 13.2 Å². The number of carbonyl (C=O) groups is 4. The first-order chi connectivity index (χ1) is 16.6. The number of benzene rings is 1. The highest BCUT2D eigenvalue weighted by molar-refractivity contribution is 5.76. The van der Waals surface area contributed by atoms with E-state index in [-0.39, 0.29) is 37.6 Å². The monoisotopic (exact) mass is 497 g/mol. The lowest BCUT2D eigenvalue weighted by atomic mass is 10.1. The van der Waals surface area contributed by atoms with Gasteiger partial charge in [-0.05, 0) is 50.8 Å². The van der Waals surface area contributed by atoms with Crippen LogP contribution in [0.15, 0.2) is 18.2 Å². The van der Waals surface area contributed by atoms with E-state index in [4.69, 9.17) is 34.2 Å². The number of esters is 2. The van der Waals surface area contributed by atoms with Gasteiger partial charge in [0, 0.05) is 6.42 Å². The topological polar surface area (TPSA) is 150 Å². The summed E-state index contributed by atoms with van der Waals surface area (Å²) in [6.45, 7) is 8.83. The van der Waals surface area contributed by atoms with Crippen molar-refractivity contribution < 1.29 is 47.6 Å². The van der Waals surface area contributed by atoms with E-state index in [0.29, 0.717) is 18.4 Å². The van der Waals surface area contributed by atoms with Gasteiger partial charge in [0.2, 0.25) is 0 Å². The Morgan fingerprint density at radius 1 is 0.829 bits per heavy atom. The summed E-state index contributed by atoms with van der Waals surface area (Å²) in [6, 6.07) is 3.28. The Labute approximate surface area is 205 Å². The molecule has 0 bridgehead atoms. The normalized spacial score (nSPS) is 13.1. The molecule has 0 aliphatic rings. The van der Waals surface area contributed by atoms with E-state index < -0.39 is 42.5 Å². The predicted octanol–water partition coefficient (Wildman–Crippen LogP) is 3.68. The summed E-state index contributed by atoms with van der Waals surface area (Å²) in [5.74, 6) is -1.29. The Bertz CT molecular complexity index is 857. The zero-order chi connectivity index (χ0) is 26.4. The molecule has 0 amide bonds. The van der Waals surface area contributed by atoms with Crippen LogP contribution in [0.25, 0.3) is 0 Å². The number of hydrogen-bond donors (Lipinski definition) is 1. The van der Waals surface area contributed by atoms with Gasteiger partial charge in [0.15, 0.2) is 11.5 Å². The van der Waals surface area contributed by atoms with Crippen molar-refractivity contribution in [2.45, 2.75) is 78.6 Å². The van der Waals surface area contributed by atoms with Crippen LogP contribution in [-0.2, 0) is 35.0 Å². The van der Waals surface area contributed by atoms with Gasteiger partial charge in [-0.15, -0.1) is 0 Å². The van der Waals surface area contributed by atoms with Crippen molar-refractivity contribution in [2.75, 3.05) is 13.2 Å². The molecule has 0 fully saturated rings. The largest absolute Gasteiger partial charge is 0.513 e. The van der Waals surface area contributed by atoms with Crippen LogP contribution in [0.4, 0.5) is 9.59 Å². The summed E-state index contributed by atoms with van der Waals surface area (Å²) >= 11 is 0. The van der Waals surface area contributed by atoms with Crippen molar-refractivity contribution in [3.63, 3.8) is 0 Å². The molecule has 0 aliphatic carbocycles. The van der Waals surface area contributed by atoms with E-state index in [2.05, 4.69) is 0 Å². The highest BCUT2D eigenvalue weighted by Crippen LogP contribution is 2.30. The molecule has 0 radical (unpaired) electrons. The third-order valence-corrected chi connectivity index (χ3v) is 4.57. The van der Waals surface area contributed by atoms with E-state index in [0.717, 1.165) is 0 Å². The summed E-state index contributed by atoms with van der Waals surface area (Å²) in [4.78, 5) is 47.7.